The Morgan fingerprint density at radius 2 is 2.00 bits per heavy atom. The van der Waals surface area contributed by atoms with E-state index in [1.54, 1.807) is 24.4 Å². The molecule has 3 nitrogen and oxygen atoms in total. The van der Waals surface area contributed by atoms with Gasteiger partial charge in [0, 0.05) is 17.0 Å². The maximum absolute atomic E-state index is 5.99. The molecule has 3 aromatic rings. The van der Waals surface area contributed by atoms with Crippen molar-refractivity contribution in [1.29, 1.82) is 0 Å². The molecule has 2 aromatic heterocycles. The first-order valence-electron chi connectivity index (χ1n) is 5.06. The summed E-state index contributed by atoms with van der Waals surface area (Å²) in [5.74, 6) is 0.659. The number of aromatic nitrogens is 2. The lowest BCUT2D eigenvalue weighted by Gasteiger charge is -1.99. The number of thiazole rings is 1. The Kier molecular flexibility index (Phi) is 3.07. The molecule has 0 saturated heterocycles. The molecule has 18 heavy (non-hydrogen) atoms. The lowest BCUT2D eigenvalue weighted by atomic mass is 10.2. The molecule has 0 aliphatic heterocycles. The molecule has 0 amide bonds. The molecule has 6 heteroatoms. The van der Waals surface area contributed by atoms with E-state index in [0.29, 0.717) is 15.8 Å². The fourth-order valence-corrected chi connectivity index (χ4v) is 2.58. The van der Waals surface area contributed by atoms with Crippen LogP contribution in [0.25, 0.3) is 22.0 Å². The molecule has 0 spiro atoms. The van der Waals surface area contributed by atoms with Crippen LogP contribution in [-0.4, -0.2) is 10.1 Å². The highest BCUT2D eigenvalue weighted by Gasteiger charge is 2.10. The van der Waals surface area contributed by atoms with Crippen LogP contribution in [-0.2, 0) is 0 Å². The number of hydrogen-bond acceptors (Lipinski definition) is 4. The summed E-state index contributed by atoms with van der Waals surface area (Å²) in [6.45, 7) is 0. The maximum Gasteiger partial charge on any atom is 0.195 e. The largest absolute Gasteiger partial charge is 0.354 e. The summed E-state index contributed by atoms with van der Waals surface area (Å²) in [5.41, 5.74) is 1.76. The zero-order valence-corrected chi connectivity index (χ0v) is 11.3. The summed E-state index contributed by atoms with van der Waals surface area (Å²) in [4.78, 5) is 4.48. The molecule has 0 atom stereocenters. The molecule has 90 valence electrons. The Morgan fingerprint density at radius 3 is 2.72 bits per heavy atom. The van der Waals surface area contributed by atoms with E-state index in [1.165, 1.54) is 11.3 Å². The van der Waals surface area contributed by atoms with Gasteiger partial charge in [0.05, 0.1) is 21.9 Å². The van der Waals surface area contributed by atoms with Gasteiger partial charge in [-0.05, 0) is 12.1 Å². The topological polar surface area (TPSA) is 38.9 Å². The normalized spacial score (nSPS) is 10.8. The lowest BCUT2D eigenvalue weighted by molar-refractivity contribution is 0.432. The van der Waals surface area contributed by atoms with Crippen LogP contribution in [0.4, 0.5) is 0 Å². The van der Waals surface area contributed by atoms with Crippen molar-refractivity contribution in [2.24, 2.45) is 0 Å². The van der Waals surface area contributed by atoms with Crippen LogP contribution < -0.4 is 0 Å². The number of benzene rings is 1. The molecule has 2 heterocycles. The van der Waals surface area contributed by atoms with E-state index in [0.717, 1.165) is 16.3 Å². The third-order valence-electron chi connectivity index (χ3n) is 2.37. The smallest absolute Gasteiger partial charge is 0.195 e. The van der Waals surface area contributed by atoms with Gasteiger partial charge in [-0.15, -0.1) is 11.3 Å². The minimum atomic E-state index is 0.517. The summed E-state index contributed by atoms with van der Waals surface area (Å²) in [6.07, 6.45) is 1.59. The van der Waals surface area contributed by atoms with Crippen LogP contribution in [0.1, 0.15) is 0 Å². The lowest BCUT2D eigenvalue weighted by Crippen LogP contribution is -1.79. The molecule has 0 saturated carbocycles. The SMILES string of the molecule is Clc1ccc(-c2csc(-c3ccno3)n2)cc1Cl. The van der Waals surface area contributed by atoms with Gasteiger partial charge in [0.15, 0.2) is 10.8 Å². The predicted molar refractivity (Wildman–Crippen MR) is 73.1 cm³/mol. The van der Waals surface area contributed by atoms with Gasteiger partial charge >= 0.3 is 0 Å². The number of rotatable bonds is 2. The highest BCUT2D eigenvalue weighted by atomic mass is 35.5. The van der Waals surface area contributed by atoms with E-state index in [-0.39, 0.29) is 0 Å². The van der Waals surface area contributed by atoms with E-state index >= 15 is 0 Å². The number of nitrogens with zero attached hydrogens (tertiary/aromatic N) is 2. The second-order valence-corrected chi connectivity index (χ2v) is 5.22. The van der Waals surface area contributed by atoms with Gasteiger partial charge < -0.3 is 4.52 Å². The van der Waals surface area contributed by atoms with Crippen LogP contribution in [0.3, 0.4) is 0 Å². The summed E-state index contributed by atoms with van der Waals surface area (Å²) in [5, 5.41) is 7.44. The van der Waals surface area contributed by atoms with Crippen molar-refractivity contribution in [3.63, 3.8) is 0 Å². The van der Waals surface area contributed by atoms with E-state index in [2.05, 4.69) is 10.1 Å². The molecule has 0 unspecified atom stereocenters. The van der Waals surface area contributed by atoms with E-state index in [1.807, 2.05) is 11.4 Å². The highest BCUT2D eigenvalue weighted by Crippen LogP contribution is 2.31. The van der Waals surface area contributed by atoms with Crippen LogP contribution >= 0.6 is 34.5 Å². The van der Waals surface area contributed by atoms with E-state index in [4.69, 9.17) is 27.7 Å². The van der Waals surface area contributed by atoms with Crippen molar-refractivity contribution in [1.82, 2.24) is 10.1 Å². The molecule has 0 aliphatic carbocycles. The molecule has 1 aromatic carbocycles. The number of halogens is 2. The standard InChI is InChI=1S/C12H6Cl2N2OS/c13-8-2-1-7(5-9(8)14)10-6-18-12(16-10)11-3-4-15-17-11/h1-6H. The van der Waals surface area contributed by atoms with Crippen molar-refractivity contribution in [3.05, 3.63) is 45.9 Å². The summed E-state index contributed by atoms with van der Waals surface area (Å²) in [6, 6.07) is 7.21. The van der Waals surface area contributed by atoms with Crippen molar-refractivity contribution in [2.75, 3.05) is 0 Å². The summed E-state index contributed by atoms with van der Waals surface area (Å²) < 4.78 is 5.06. The quantitative estimate of drug-likeness (QED) is 0.683. The van der Waals surface area contributed by atoms with Crippen molar-refractivity contribution in [2.45, 2.75) is 0 Å². The van der Waals surface area contributed by atoms with Gasteiger partial charge in [0.2, 0.25) is 0 Å². The summed E-state index contributed by atoms with van der Waals surface area (Å²) >= 11 is 13.4. The van der Waals surface area contributed by atoms with Crippen LogP contribution in [0.5, 0.6) is 0 Å². The Labute approximate surface area is 117 Å². The first kappa shape index (κ1) is 11.7. The minimum Gasteiger partial charge on any atom is -0.354 e. The Balaban J connectivity index is 2.00. The zero-order chi connectivity index (χ0) is 12.5. The van der Waals surface area contributed by atoms with Crippen molar-refractivity contribution in [3.8, 4) is 22.0 Å². The molecule has 0 radical (unpaired) electrons. The van der Waals surface area contributed by atoms with Gasteiger partial charge in [-0.25, -0.2) is 4.98 Å². The average Bonchev–Trinajstić information content (AvgIpc) is 3.01. The third kappa shape index (κ3) is 2.14. The molecular formula is C12H6Cl2N2OS. The first-order chi connectivity index (χ1) is 8.74. The number of hydrogen-bond donors (Lipinski definition) is 0. The minimum absolute atomic E-state index is 0.517. The average molecular weight is 297 g/mol. The second kappa shape index (κ2) is 4.72. The third-order valence-corrected chi connectivity index (χ3v) is 3.96. The molecule has 0 fully saturated rings. The van der Waals surface area contributed by atoms with Gasteiger partial charge in [-0.3, -0.25) is 0 Å². The van der Waals surface area contributed by atoms with Gasteiger partial charge in [0.1, 0.15) is 0 Å². The van der Waals surface area contributed by atoms with Crippen LogP contribution in [0, 0.1) is 0 Å². The maximum atomic E-state index is 5.99. The molecule has 0 bridgehead atoms. The molecule has 0 N–H and O–H groups in total. The molecular weight excluding hydrogens is 291 g/mol. The van der Waals surface area contributed by atoms with Gasteiger partial charge in [-0.1, -0.05) is 34.4 Å². The fourth-order valence-electron chi connectivity index (χ4n) is 1.50. The zero-order valence-electron chi connectivity index (χ0n) is 8.93. The van der Waals surface area contributed by atoms with Crippen molar-refractivity contribution < 1.29 is 4.52 Å². The van der Waals surface area contributed by atoms with Crippen LogP contribution in [0.2, 0.25) is 10.0 Å². The molecule has 0 aliphatic rings. The fraction of sp³-hybridized carbons (Fsp3) is 0. The second-order valence-electron chi connectivity index (χ2n) is 3.54. The monoisotopic (exact) mass is 296 g/mol. The van der Waals surface area contributed by atoms with E-state index in [9.17, 15) is 0 Å². The van der Waals surface area contributed by atoms with Crippen LogP contribution in [0.15, 0.2) is 40.4 Å². The Hall–Kier alpha value is -1.36. The Bertz CT molecular complexity index is 679. The van der Waals surface area contributed by atoms with Gasteiger partial charge in [-0.2, -0.15) is 0 Å². The first-order valence-corrected chi connectivity index (χ1v) is 6.69. The Morgan fingerprint density at radius 1 is 1.11 bits per heavy atom. The van der Waals surface area contributed by atoms with Gasteiger partial charge in [0.25, 0.3) is 0 Å². The predicted octanol–water partition coefficient (Wildman–Crippen LogP) is 4.77. The highest BCUT2D eigenvalue weighted by molar-refractivity contribution is 7.13. The van der Waals surface area contributed by atoms with E-state index < -0.39 is 0 Å². The molecule has 3 rings (SSSR count). The summed E-state index contributed by atoms with van der Waals surface area (Å²) in [7, 11) is 0. The van der Waals surface area contributed by atoms with Crippen molar-refractivity contribution >= 4 is 34.5 Å².